The van der Waals surface area contributed by atoms with E-state index >= 15 is 0 Å². The summed E-state index contributed by atoms with van der Waals surface area (Å²) in [6.45, 7) is 3.26. The van der Waals surface area contributed by atoms with Gasteiger partial charge in [0.1, 0.15) is 11.4 Å². The summed E-state index contributed by atoms with van der Waals surface area (Å²) in [4.78, 5) is 29.9. The van der Waals surface area contributed by atoms with Crippen molar-refractivity contribution in [3.63, 3.8) is 0 Å². The number of piperidine rings is 1. The first-order valence-electron chi connectivity index (χ1n) is 14.2. The fraction of sp³-hybridized carbons (Fsp3) is 0.667. The first-order valence-corrected chi connectivity index (χ1v) is 14.2. The largest absolute Gasteiger partial charge is 0.385 e. The van der Waals surface area contributed by atoms with Crippen molar-refractivity contribution < 1.29 is 9.47 Å². The van der Waals surface area contributed by atoms with E-state index in [9.17, 15) is 9.59 Å². The molecule has 1 saturated carbocycles. The monoisotopic (exact) mass is 511 g/mol. The summed E-state index contributed by atoms with van der Waals surface area (Å²) in [6.07, 6.45) is 10.1. The van der Waals surface area contributed by atoms with Crippen molar-refractivity contribution in [1.82, 2.24) is 0 Å². The van der Waals surface area contributed by atoms with Gasteiger partial charge in [-0.3, -0.25) is 9.59 Å². The molecule has 2 aromatic carbocycles. The highest BCUT2D eigenvalue weighted by Gasteiger charge is 2.36. The molecule has 3 atom stereocenters. The second kappa shape index (κ2) is 13.5. The van der Waals surface area contributed by atoms with Crippen molar-refractivity contribution in [3.05, 3.63) is 56.3 Å². The van der Waals surface area contributed by atoms with Crippen LogP contribution in [0.4, 0.5) is 11.4 Å². The lowest BCUT2D eigenvalue weighted by atomic mass is 9.84. The Bertz CT molecular complexity index is 1030. The highest BCUT2D eigenvalue weighted by atomic mass is 16.5. The molecule has 1 aliphatic carbocycles. The summed E-state index contributed by atoms with van der Waals surface area (Å²) < 4.78 is 11.6. The van der Waals surface area contributed by atoms with Crippen molar-refractivity contribution >= 4 is 11.4 Å². The summed E-state index contributed by atoms with van der Waals surface area (Å²) in [7, 11) is 3.66. The highest BCUT2D eigenvalue weighted by molar-refractivity contribution is 5.76. The molecule has 1 aliphatic heterocycles. The Labute approximate surface area is 221 Å². The summed E-state index contributed by atoms with van der Waals surface area (Å²) in [5, 5.41) is 0. The lowest BCUT2D eigenvalue weighted by Gasteiger charge is -2.41. The molecule has 1 heterocycles. The summed E-state index contributed by atoms with van der Waals surface area (Å²) in [5.74, 6) is 0.884. The quantitative estimate of drug-likeness (QED) is 0.321. The minimum Gasteiger partial charge on any atom is -0.385 e. The van der Waals surface area contributed by atoms with Crippen LogP contribution in [0.3, 0.4) is 0 Å². The van der Waals surface area contributed by atoms with Crippen LogP contribution in [0.25, 0.3) is 0 Å². The molecule has 2 fully saturated rings. The van der Waals surface area contributed by atoms with Gasteiger partial charge in [-0.15, -0.1) is 0 Å². The summed E-state index contributed by atoms with van der Waals surface area (Å²) >= 11 is 0. The van der Waals surface area contributed by atoms with E-state index in [0.717, 1.165) is 37.8 Å². The molecule has 7 heteroatoms. The van der Waals surface area contributed by atoms with Crippen LogP contribution in [-0.2, 0) is 9.47 Å². The fourth-order valence-corrected chi connectivity index (χ4v) is 6.41. The Kier molecular flexibility index (Phi) is 10.2. The number of anilines is 2. The van der Waals surface area contributed by atoms with Crippen molar-refractivity contribution in [3.8, 4) is 0 Å². The van der Waals surface area contributed by atoms with E-state index < -0.39 is 0 Å². The number of benzene rings is 1. The molecular weight excluding hydrogens is 466 g/mol. The number of rotatable bonds is 13. The Balaban J connectivity index is 1.50. The van der Waals surface area contributed by atoms with Crippen LogP contribution in [0.15, 0.2) is 39.9 Å². The topological polar surface area (TPSA) is 85.1 Å². The normalized spacial score (nSPS) is 20.7. The van der Waals surface area contributed by atoms with Crippen LogP contribution in [0.5, 0.6) is 0 Å². The maximum Gasteiger partial charge on any atom is 0.253 e. The van der Waals surface area contributed by atoms with E-state index in [0.29, 0.717) is 43.6 Å². The molecule has 2 N–H and O–H groups in total. The molecule has 2 aromatic rings. The Hall–Kier alpha value is -2.22. The third-order valence-corrected chi connectivity index (χ3v) is 8.48. The molecule has 2 aliphatic rings. The first kappa shape index (κ1) is 27.8. The standard InChI is InChI=1S/C30H45N3O4/c1-32(25(20-31)19-22-11-5-3-6-12-22)26-27(29(35)28(26)34)33-16-9-15-24(21-33)30(37-18-10-17-36-2)23-13-7-4-8-14-23/h4,7-8,13-14,22,24-25,30H,3,5-6,9-12,15-21,31H2,1-2H3/t24?,25?,30-/m0/s1. The fourth-order valence-electron chi connectivity index (χ4n) is 6.41. The van der Waals surface area contributed by atoms with Crippen molar-refractivity contribution in [2.24, 2.45) is 17.6 Å². The zero-order valence-corrected chi connectivity index (χ0v) is 22.7. The van der Waals surface area contributed by atoms with E-state index in [4.69, 9.17) is 15.2 Å². The molecule has 7 nitrogen and oxygen atoms in total. The van der Waals surface area contributed by atoms with Gasteiger partial charge in [0.25, 0.3) is 10.9 Å². The molecule has 1 saturated heterocycles. The van der Waals surface area contributed by atoms with E-state index in [2.05, 4.69) is 17.0 Å². The minimum absolute atomic E-state index is 0.0587. The minimum atomic E-state index is -0.364. The van der Waals surface area contributed by atoms with Crippen LogP contribution in [0, 0.1) is 11.8 Å². The maximum absolute atomic E-state index is 12.9. The number of nitrogens with zero attached hydrogens (tertiary/aromatic N) is 2. The van der Waals surface area contributed by atoms with Crippen LogP contribution in [-0.4, -0.2) is 53.0 Å². The average molecular weight is 512 g/mol. The number of methoxy groups -OCH3 is 1. The van der Waals surface area contributed by atoms with Gasteiger partial charge < -0.3 is 25.0 Å². The predicted octanol–water partition coefficient (Wildman–Crippen LogP) is 4.03. The average Bonchev–Trinajstić information content (AvgIpc) is 2.94. The molecule has 0 spiro atoms. The molecule has 0 bridgehead atoms. The third-order valence-electron chi connectivity index (χ3n) is 8.48. The highest BCUT2D eigenvalue weighted by Crippen LogP contribution is 2.37. The Morgan fingerprint density at radius 2 is 1.78 bits per heavy atom. The number of ether oxygens (including phenoxy) is 2. The zero-order valence-electron chi connectivity index (χ0n) is 22.7. The maximum atomic E-state index is 12.9. The van der Waals surface area contributed by atoms with E-state index in [-0.39, 0.29) is 28.9 Å². The summed E-state index contributed by atoms with van der Waals surface area (Å²) in [6, 6.07) is 10.4. The van der Waals surface area contributed by atoms with Gasteiger partial charge in [-0.25, -0.2) is 0 Å². The van der Waals surface area contributed by atoms with Crippen LogP contribution < -0.4 is 26.4 Å². The molecule has 2 unspecified atom stereocenters. The lowest BCUT2D eigenvalue weighted by molar-refractivity contribution is -0.00236. The molecule has 0 aromatic heterocycles. The van der Waals surface area contributed by atoms with Crippen molar-refractivity contribution in [2.45, 2.75) is 69.9 Å². The zero-order chi connectivity index (χ0) is 26.2. The van der Waals surface area contributed by atoms with Gasteiger partial charge in [0.2, 0.25) is 0 Å². The van der Waals surface area contributed by atoms with Crippen LogP contribution >= 0.6 is 0 Å². The van der Waals surface area contributed by atoms with Gasteiger partial charge in [0.05, 0.1) is 6.10 Å². The van der Waals surface area contributed by atoms with Crippen LogP contribution in [0.2, 0.25) is 0 Å². The second-order valence-corrected chi connectivity index (χ2v) is 11.0. The van der Waals surface area contributed by atoms with Gasteiger partial charge >= 0.3 is 0 Å². The molecule has 0 amide bonds. The molecular formula is C30H45N3O4. The lowest BCUT2D eigenvalue weighted by Crippen LogP contribution is -2.52. The van der Waals surface area contributed by atoms with E-state index in [1.54, 1.807) is 7.11 Å². The molecule has 0 radical (unpaired) electrons. The van der Waals surface area contributed by atoms with Gasteiger partial charge in [0, 0.05) is 59.0 Å². The molecule has 37 heavy (non-hydrogen) atoms. The molecule has 204 valence electrons. The van der Waals surface area contributed by atoms with Crippen molar-refractivity contribution in [1.29, 1.82) is 0 Å². The van der Waals surface area contributed by atoms with Crippen LogP contribution in [0.1, 0.15) is 69.5 Å². The predicted molar refractivity (Wildman–Crippen MR) is 150 cm³/mol. The van der Waals surface area contributed by atoms with Gasteiger partial charge in [-0.1, -0.05) is 62.4 Å². The van der Waals surface area contributed by atoms with Crippen molar-refractivity contribution in [2.75, 3.05) is 56.8 Å². The SMILES string of the molecule is COCCCO[C@@H](c1ccccc1)C1CCCN(c2c(N(C)C(CN)CC3CCCCC3)c(=O)c2=O)C1. The number of hydrogen-bond acceptors (Lipinski definition) is 7. The second-order valence-electron chi connectivity index (χ2n) is 11.0. The Morgan fingerprint density at radius 1 is 1.03 bits per heavy atom. The van der Waals surface area contributed by atoms with E-state index in [1.807, 2.05) is 30.1 Å². The Morgan fingerprint density at radius 3 is 2.49 bits per heavy atom. The van der Waals surface area contributed by atoms with Gasteiger partial charge in [-0.2, -0.15) is 0 Å². The smallest absolute Gasteiger partial charge is 0.253 e. The van der Waals surface area contributed by atoms with Gasteiger partial charge in [-0.05, 0) is 37.2 Å². The number of hydrogen-bond donors (Lipinski definition) is 1. The number of likely N-dealkylation sites (N-methyl/N-ethyl adjacent to an activating group) is 1. The molecule has 4 rings (SSSR count). The summed E-state index contributed by atoms with van der Waals surface area (Å²) in [5.41, 5.74) is 7.80. The number of nitrogens with two attached hydrogens (primary N) is 1. The van der Waals surface area contributed by atoms with E-state index in [1.165, 1.54) is 32.1 Å². The first-order chi connectivity index (χ1) is 18.0. The van der Waals surface area contributed by atoms with Gasteiger partial charge in [0.15, 0.2) is 0 Å². The third kappa shape index (κ3) is 6.62.